The molecule has 0 aliphatic carbocycles. The van der Waals surface area contributed by atoms with E-state index in [9.17, 15) is 13.2 Å². The van der Waals surface area contributed by atoms with Gasteiger partial charge in [0.2, 0.25) is 0 Å². The number of benzene rings is 4. The second kappa shape index (κ2) is 11.7. The fourth-order valence-corrected chi connectivity index (χ4v) is 5.42. The fourth-order valence-electron chi connectivity index (χ4n) is 4.00. The number of amides is 1. The minimum Gasteiger partial charge on any atom is -0.456 e. The molecule has 0 atom stereocenters. The van der Waals surface area contributed by atoms with Crippen LogP contribution < -0.4 is 9.46 Å². The van der Waals surface area contributed by atoms with Gasteiger partial charge in [-0.2, -0.15) is 0 Å². The second-order valence-corrected chi connectivity index (χ2v) is 11.5. The third-order valence-corrected chi connectivity index (χ3v) is 8.05. The Balaban J connectivity index is 1.25. The Bertz CT molecular complexity index is 1580. The van der Waals surface area contributed by atoms with E-state index in [4.69, 9.17) is 32.7 Å². The number of para-hydroxylation sites is 1. The predicted molar refractivity (Wildman–Crippen MR) is 151 cm³/mol. The highest BCUT2D eigenvalue weighted by Gasteiger charge is 2.33. The van der Waals surface area contributed by atoms with Crippen LogP contribution in [-0.2, 0) is 21.4 Å². The molecule has 0 spiro atoms. The average Bonchev–Trinajstić information content (AvgIpc) is 2.91. The summed E-state index contributed by atoms with van der Waals surface area (Å²) in [6, 6.07) is 27.1. The summed E-state index contributed by atoms with van der Waals surface area (Å²) in [6.45, 7) is 1.26. The standard InChI is InChI=1S/C29H24Cl2N2O5S/c30-21-10-15-27(25(16-21)29(34)33-17-23(18-33)37-19-20-6-2-1-3-7-20)32-39(35,36)24-13-11-22(12-14-24)38-28-9-5-4-8-26(28)31/h1-16,23,32H,17-19H2. The molecule has 1 heterocycles. The zero-order valence-corrected chi connectivity index (χ0v) is 22.9. The van der Waals surface area contributed by atoms with Gasteiger partial charge < -0.3 is 14.4 Å². The van der Waals surface area contributed by atoms with Gasteiger partial charge in [-0.25, -0.2) is 8.42 Å². The number of likely N-dealkylation sites (tertiary alicyclic amines) is 1. The number of hydrogen-bond acceptors (Lipinski definition) is 5. The van der Waals surface area contributed by atoms with Crippen molar-refractivity contribution in [3.05, 3.63) is 118 Å². The fraction of sp³-hybridized carbons (Fsp3) is 0.138. The van der Waals surface area contributed by atoms with Gasteiger partial charge in [-0.1, -0.05) is 65.7 Å². The number of ether oxygens (including phenoxy) is 2. The van der Waals surface area contributed by atoms with E-state index in [1.54, 1.807) is 29.2 Å². The molecule has 1 aliphatic heterocycles. The molecule has 0 saturated carbocycles. The Hall–Kier alpha value is -3.56. The van der Waals surface area contributed by atoms with Gasteiger partial charge in [0.25, 0.3) is 15.9 Å². The lowest BCUT2D eigenvalue weighted by Crippen LogP contribution is -2.54. The normalized spacial score (nSPS) is 13.5. The lowest BCUT2D eigenvalue weighted by atomic mass is 10.1. The Morgan fingerprint density at radius 3 is 2.31 bits per heavy atom. The SMILES string of the molecule is O=C(c1cc(Cl)ccc1NS(=O)(=O)c1ccc(Oc2ccccc2Cl)cc1)N1CC(OCc2ccccc2)C1. The van der Waals surface area contributed by atoms with Crippen LogP contribution in [0.3, 0.4) is 0 Å². The van der Waals surface area contributed by atoms with Crippen LogP contribution in [0.1, 0.15) is 15.9 Å². The zero-order valence-electron chi connectivity index (χ0n) is 20.6. The van der Waals surface area contributed by atoms with Gasteiger partial charge in [0, 0.05) is 18.1 Å². The third kappa shape index (κ3) is 6.54. The molecule has 5 rings (SSSR count). The van der Waals surface area contributed by atoms with Gasteiger partial charge in [0.15, 0.2) is 0 Å². The number of hydrogen-bond donors (Lipinski definition) is 1. The van der Waals surface area contributed by atoms with Gasteiger partial charge in [-0.15, -0.1) is 0 Å². The smallest absolute Gasteiger partial charge is 0.261 e. The van der Waals surface area contributed by atoms with E-state index in [1.165, 1.54) is 42.5 Å². The first-order valence-corrected chi connectivity index (χ1v) is 14.3. The number of rotatable bonds is 9. The van der Waals surface area contributed by atoms with Crippen molar-refractivity contribution in [2.45, 2.75) is 17.6 Å². The van der Waals surface area contributed by atoms with E-state index in [2.05, 4.69) is 4.72 Å². The Morgan fingerprint density at radius 1 is 0.897 bits per heavy atom. The van der Waals surface area contributed by atoms with Crippen LogP contribution in [0.25, 0.3) is 0 Å². The summed E-state index contributed by atoms with van der Waals surface area (Å²) in [5.74, 6) is 0.542. The maximum absolute atomic E-state index is 13.2. The molecule has 1 saturated heterocycles. The maximum atomic E-state index is 13.2. The second-order valence-electron chi connectivity index (χ2n) is 8.93. The molecule has 200 valence electrons. The molecule has 1 fully saturated rings. The lowest BCUT2D eigenvalue weighted by molar-refractivity contribution is -0.0502. The number of carbonyl (C=O) groups is 1. The highest BCUT2D eigenvalue weighted by molar-refractivity contribution is 7.92. The molecular weight excluding hydrogens is 559 g/mol. The first kappa shape index (κ1) is 27.0. The minimum absolute atomic E-state index is 0.000633. The number of carbonyl (C=O) groups excluding carboxylic acids is 1. The number of nitrogens with zero attached hydrogens (tertiary/aromatic N) is 1. The van der Waals surface area contributed by atoms with Crippen LogP contribution in [0.15, 0.2) is 102 Å². The summed E-state index contributed by atoms with van der Waals surface area (Å²) in [6.07, 6.45) is -0.0972. The van der Waals surface area contributed by atoms with Crippen molar-refractivity contribution in [3.8, 4) is 11.5 Å². The van der Waals surface area contributed by atoms with Gasteiger partial charge in [0.1, 0.15) is 11.5 Å². The molecule has 0 aromatic heterocycles. The molecule has 0 unspecified atom stereocenters. The molecule has 39 heavy (non-hydrogen) atoms. The number of anilines is 1. The molecule has 4 aromatic rings. The van der Waals surface area contributed by atoms with Crippen LogP contribution in [0.5, 0.6) is 11.5 Å². The molecule has 10 heteroatoms. The number of nitrogens with one attached hydrogen (secondary N) is 1. The van der Waals surface area contributed by atoms with E-state index < -0.39 is 10.0 Å². The van der Waals surface area contributed by atoms with Crippen molar-refractivity contribution >= 4 is 44.8 Å². The highest BCUT2D eigenvalue weighted by Crippen LogP contribution is 2.31. The summed E-state index contributed by atoms with van der Waals surface area (Å²) >= 11 is 12.3. The van der Waals surface area contributed by atoms with Crippen molar-refractivity contribution < 1.29 is 22.7 Å². The molecule has 1 amide bonds. The molecule has 1 aliphatic rings. The zero-order chi connectivity index (χ0) is 27.4. The van der Waals surface area contributed by atoms with Gasteiger partial charge in [-0.3, -0.25) is 9.52 Å². The predicted octanol–water partition coefficient (Wildman–Crippen LogP) is 6.63. The lowest BCUT2D eigenvalue weighted by Gasteiger charge is -2.39. The van der Waals surface area contributed by atoms with Crippen molar-refractivity contribution in [3.63, 3.8) is 0 Å². The van der Waals surface area contributed by atoms with Gasteiger partial charge >= 0.3 is 0 Å². The largest absolute Gasteiger partial charge is 0.456 e. The van der Waals surface area contributed by atoms with Crippen LogP contribution in [-0.4, -0.2) is 38.4 Å². The van der Waals surface area contributed by atoms with Gasteiger partial charge in [-0.05, 0) is 60.2 Å². The topological polar surface area (TPSA) is 84.9 Å². The Kier molecular flexibility index (Phi) is 8.09. The first-order chi connectivity index (χ1) is 18.8. The number of halogens is 2. The van der Waals surface area contributed by atoms with Crippen LogP contribution in [0.4, 0.5) is 5.69 Å². The molecule has 0 bridgehead atoms. The van der Waals surface area contributed by atoms with E-state index in [1.807, 2.05) is 30.3 Å². The Morgan fingerprint density at radius 2 is 1.59 bits per heavy atom. The Labute approximate surface area is 236 Å². The van der Waals surface area contributed by atoms with Crippen molar-refractivity contribution in [2.75, 3.05) is 17.8 Å². The summed E-state index contributed by atoms with van der Waals surface area (Å²) in [4.78, 5) is 14.8. The summed E-state index contributed by atoms with van der Waals surface area (Å²) in [5, 5.41) is 0.756. The molecule has 1 N–H and O–H groups in total. The number of sulfonamides is 1. The van der Waals surface area contributed by atoms with E-state index >= 15 is 0 Å². The summed E-state index contributed by atoms with van der Waals surface area (Å²) < 4.78 is 40.5. The van der Waals surface area contributed by atoms with Crippen molar-refractivity contribution in [1.82, 2.24) is 4.90 Å². The monoisotopic (exact) mass is 582 g/mol. The minimum atomic E-state index is -4.01. The first-order valence-electron chi connectivity index (χ1n) is 12.1. The van der Waals surface area contributed by atoms with Crippen LogP contribution in [0, 0.1) is 0 Å². The quantitative estimate of drug-likeness (QED) is 0.239. The maximum Gasteiger partial charge on any atom is 0.261 e. The van der Waals surface area contributed by atoms with Crippen LogP contribution >= 0.6 is 23.2 Å². The molecule has 7 nitrogen and oxygen atoms in total. The average molecular weight is 583 g/mol. The molecular formula is C29H24Cl2N2O5S. The van der Waals surface area contributed by atoms with Crippen molar-refractivity contribution in [1.29, 1.82) is 0 Å². The van der Waals surface area contributed by atoms with E-state index in [0.29, 0.717) is 41.2 Å². The van der Waals surface area contributed by atoms with E-state index in [0.717, 1.165) is 5.56 Å². The van der Waals surface area contributed by atoms with Crippen molar-refractivity contribution in [2.24, 2.45) is 0 Å². The summed E-state index contributed by atoms with van der Waals surface area (Å²) in [7, 11) is -4.01. The highest BCUT2D eigenvalue weighted by atomic mass is 35.5. The summed E-state index contributed by atoms with van der Waals surface area (Å²) in [5.41, 5.74) is 1.35. The molecule has 0 radical (unpaired) electrons. The third-order valence-electron chi connectivity index (χ3n) is 6.12. The van der Waals surface area contributed by atoms with E-state index in [-0.39, 0.29) is 28.2 Å². The van der Waals surface area contributed by atoms with Crippen LogP contribution in [0.2, 0.25) is 10.0 Å². The molecule has 4 aromatic carbocycles. The van der Waals surface area contributed by atoms with Gasteiger partial charge in [0.05, 0.1) is 33.9 Å².